The summed E-state index contributed by atoms with van der Waals surface area (Å²) in [5, 5.41) is 3.39. The Labute approximate surface area is 139 Å². The van der Waals surface area contributed by atoms with Gasteiger partial charge in [-0.3, -0.25) is 4.79 Å². The molecule has 2 fully saturated rings. The zero-order chi connectivity index (χ0) is 16.3. The van der Waals surface area contributed by atoms with E-state index in [1.54, 1.807) is 0 Å². The van der Waals surface area contributed by atoms with Crippen molar-refractivity contribution in [2.75, 3.05) is 26.2 Å². The van der Waals surface area contributed by atoms with Crippen LogP contribution in [0.1, 0.15) is 43.7 Å². The summed E-state index contributed by atoms with van der Waals surface area (Å²) >= 11 is 0. The van der Waals surface area contributed by atoms with Gasteiger partial charge < -0.3 is 10.2 Å². The summed E-state index contributed by atoms with van der Waals surface area (Å²) in [7, 11) is 0. The van der Waals surface area contributed by atoms with Crippen LogP contribution in [-0.4, -0.2) is 37.0 Å². The van der Waals surface area contributed by atoms with Gasteiger partial charge in [-0.05, 0) is 69.3 Å². The second-order valence-corrected chi connectivity index (χ2v) is 6.99. The van der Waals surface area contributed by atoms with Crippen molar-refractivity contribution in [1.29, 1.82) is 0 Å². The molecule has 0 atom stereocenters. The summed E-state index contributed by atoms with van der Waals surface area (Å²) in [5.74, 6) is 0.387. The third kappa shape index (κ3) is 3.20. The lowest BCUT2D eigenvalue weighted by Gasteiger charge is -2.44. The van der Waals surface area contributed by atoms with Crippen LogP contribution in [0, 0.1) is 12.3 Å². The quantitative estimate of drug-likeness (QED) is 0.928. The Bertz CT molecular complexity index is 594. The molecule has 2 aliphatic rings. The summed E-state index contributed by atoms with van der Waals surface area (Å²) in [6.45, 7) is 7.83. The lowest BCUT2D eigenvalue weighted by molar-refractivity contribution is -0.147. The number of nitrogens with one attached hydrogen (secondary N) is 1. The van der Waals surface area contributed by atoms with E-state index in [1.807, 2.05) is 0 Å². The minimum absolute atomic E-state index is 0.0892. The number of rotatable bonds is 3. The lowest BCUT2D eigenvalue weighted by Crippen LogP contribution is -2.53. The zero-order valence-electron chi connectivity index (χ0n) is 14.4. The van der Waals surface area contributed by atoms with Crippen LogP contribution in [-0.2, 0) is 4.79 Å². The molecule has 0 bridgehead atoms. The predicted molar refractivity (Wildman–Crippen MR) is 95.2 cm³/mol. The van der Waals surface area contributed by atoms with E-state index in [2.05, 4.69) is 54.4 Å². The first-order chi connectivity index (χ1) is 11.2. The first kappa shape index (κ1) is 16.3. The van der Waals surface area contributed by atoms with Crippen molar-refractivity contribution in [1.82, 2.24) is 10.2 Å². The maximum atomic E-state index is 13.1. The van der Waals surface area contributed by atoms with Gasteiger partial charge in [-0.1, -0.05) is 30.3 Å². The van der Waals surface area contributed by atoms with Crippen LogP contribution in [0.4, 0.5) is 0 Å². The van der Waals surface area contributed by atoms with Gasteiger partial charge in [-0.15, -0.1) is 0 Å². The van der Waals surface area contributed by atoms with Crippen molar-refractivity contribution < 1.29 is 4.79 Å². The van der Waals surface area contributed by atoms with E-state index in [-0.39, 0.29) is 5.41 Å². The molecular formula is C20H28N2O. The van der Waals surface area contributed by atoms with Gasteiger partial charge in [-0.2, -0.15) is 0 Å². The van der Waals surface area contributed by atoms with Crippen LogP contribution in [0.15, 0.2) is 30.3 Å². The lowest BCUT2D eigenvalue weighted by atomic mass is 9.72. The van der Waals surface area contributed by atoms with Gasteiger partial charge in [0.25, 0.3) is 0 Å². The molecule has 0 aliphatic carbocycles. The molecular weight excluding hydrogens is 284 g/mol. The van der Waals surface area contributed by atoms with Gasteiger partial charge in [0, 0.05) is 13.1 Å². The molecule has 3 rings (SSSR count). The molecule has 1 amide bonds. The Kier molecular flexibility index (Phi) is 4.86. The molecule has 0 saturated carbocycles. The smallest absolute Gasteiger partial charge is 0.229 e. The van der Waals surface area contributed by atoms with Gasteiger partial charge in [0.1, 0.15) is 0 Å². The molecule has 2 heterocycles. The Morgan fingerprint density at radius 1 is 1.26 bits per heavy atom. The van der Waals surface area contributed by atoms with Crippen molar-refractivity contribution >= 4 is 11.5 Å². The average molecular weight is 312 g/mol. The maximum Gasteiger partial charge on any atom is 0.229 e. The molecule has 124 valence electrons. The minimum Gasteiger partial charge on any atom is -0.338 e. The number of benzene rings is 1. The van der Waals surface area contributed by atoms with E-state index in [9.17, 15) is 4.79 Å². The number of piperidine rings is 2. The summed E-state index contributed by atoms with van der Waals surface area (Å²) in [6, 6.07) is 8.46. The Morgan fingerprint density at radius 2 is 2.00 bits per heavy atom. The third-order valence-corrected chi connectivity index (χ3v) is 5.59. The van der Waals surface area contributed by atoms with Crippen molar-refractivity contribution in [2.45, 2.75) is 39.5 Å². The number of hydrogen-bond acceptors (Lipinski definition) is 2. The number of hydrogen-bond donors (Lipinski definition) is 1. The molecule has 2 aliphatic heterocycles. The molecule has 0 unspecified atom stereocenters. The fourth-order valence-corrected chi connectivity index (χ4v) is 4.14. The van der Waals surface area contributed by atoms with E-state index in [1.165, 1.54) is 16.7 Å². The molecule has 1 aromatic rings. The summed E-state index contributed by atoms with van der Waals surface area (Å²) in [4.78, 5) is 15.2. The first-order valence-corrected chi connectivity index (χ1v) is 8.87. The number of carbonyl (C=O) groups excluding carboxylic acids is 1. The minimum atomic E-state index is -0.0892. The number of nitrogens with zero attached hydrogens (tertiary/aromatic N) is 1. The predicted octanol–water partition coefficient (Wildman–Crippen LogP) is 3.39. The Hall–Kier alpha value is -1.61. The van der Waals surface area contributed by atoms with Gasteiger partial charge in [-0.25, -0.2) is 0 Å². The number of likely N-dealkylation sites (tertiary alicyclic amines) is 1. The Morgan fingerprint density at radius 3 is 2.70 bits per heavy atom. The standard InChI is InChI=1S/C20H28N2O/c1-3-17(18-8-5-4-7-16(18)2)15-22-14-6-9-20(19(22)23)10-12-21-13-11-20/h3-5,7-8,21H,6,9-15H2,1-2H3. The fourth-order valence-electron chi connectivity index (χ4n) is 4.14. The largest absolute Gasteiger partial charge is 0.338 e. The van der Waals surface area contributed by atoms with Gasteiger partial charge in [0.05, 0.1) is 5.41 Å². The van der Waals surface area contributed by atoms with Crippen LogP contribution in [0.25, 0.3) is 5.57 Å². The Balaban J connectivity index is 1.78. The van der Waals surface area contributed by atoms with E-state index in [0.717, 1.165) is 51.9 Å². The number of amides is 1. The zero-order valence-corrected chi connectivity index (χ0v) is 14.4. The van der Waals surface area contributed by atoms with Crippen molar-refractivity contribution in [3.05, 3.63) is 41.5 Å². The topological polar surface area (TPSA) is 32.3 Å². The van der Waals surface area contributed by atoms with Crippen LogP contribution in [0.3, 0.4) is 0 Å². The fraction of sp³-hybridized carbons (Fsp3) is 0.550. The van der Waals surface area contributed by atoms with Crippen LogP contribution in [0.5, 0.6) is 0 Å². The second-order valence-electron chi connectivity index (χ2n) is 6.99. The summed E-state index contributed by atoms with van der Waals surface area (Å²) in [6.07, 6.45) is 6.37. The van der Waals surface area contributed by atoms with Gasteiger partial charge >= 0.3 is 0 Å². The van der Waals surface area contributed by atoms with E-state index in [0.29, 0.717) is 5.91 Å². The van der Waals surface area contributed by atoms with E-state index >= 15 is 0 Å². The number of carbonyl (C=O) groups is 1. The SMILES string of the molecule is CC=C(CN1CCCC2(CCNCC2)C1=O)c1ccccc1C. The highest BCUT2D eigenvalue weighted by Crippen LogP contribution is 2.39. The highest BCUT2D eigenvalue weighted by atomic mass is 16.2. The van der Waals surface area contributed by atoms with Crippen LogP contribution >= 0.6 is 0 Å². The normalized spacial score (nSPS) is 21.7. The molecule has 0 aromatic heterocycles. The van der Waals surface area contributed by atoms with E-state index < -0.39 is 0 Å². The number of aryl methyl sites for hydroxylation is 1. The molecule has 3 heteroatoms. The second kappa shape index (κ2) is 6.88. The first-order valence-electron chi connectivity index (χ1n) is 8.87. The molecule has 1 spiro atoms. The van der Waals surface area contributed by atoms with Crippen LogP contribution in [0.2, 0.25) is 0 Å². The highest BCUT2D eigenvalue weighted by Gasteiger charge is 2.44. The third-order valence-electron chi connectivity index (χ3n) is 5.59. The van der Waals surface area contributed by atoms with Gasteiger partial charge in [0.2, 0.25) is 5.91 Å². The average Bonchev–Trinajstić information content (AvgIpc) is 2.58. The van der Waals surface area contributed by atoms with E-state index in [4.69, 9.17) is 0 Å². The van der Waals surface area contributed by atoms with Crippen molar-refractivity contribution in [3.8, 4) is 0 Å². The van der Waals surface area contributed by atoms with Crippen LogP contribution < -0.4 is 5.32 Å². The molecule has 3 nitrogen and oxygen atoms in total. The summed E-state index contributed by atoms with van der Waals surface area (Å²) < 4.78 is 0. The number of allylic oxidation sites excluding steroid dienone is 1. The van der Waals surface area contributed by atoms with Crippen molar-refractivity contribution in [3.63, 3.8) is 0 Å². The molecule has 0 radical (unpaired) electrons. The van der Waals surface area contributed by atoms with Crippen molar-refractivity contribution in [2.24, 2.45) is 5.41 Å². The van der Waals surface area contributed by atoms with Gasteiger partial charge in [0.15, 0.2) is 0 Å². The molecule has 2 saturated heterocycles. The molecule has 23 heavy (non-hydrogen) atoms. The summed E-state index contributed by atoms with van der Waals surface area (Å²) in [5.41, 5.74) is 3.73. The monoisotopic (exact) mass is 312 g/mol. The molecule has 1 aromatic carbocycles. The maximum absolute atomic E-state index is 13.1. The highest BCUT2D eigenvalue weighted by molar-refractivity contribution is 5.85. The molecule has 1 N–H and O–H groups in total.